The van der Waals surface area contributed by atoms with Gasteiger partial charge in [0.05, 0.1) is 6.04 Å². The van der Waals surface area contributed by atoms with Gasteiger partial charge in [-0.3, -0.25) is 4.90 Å². The molecule has 1 aliphatic heterocycles. The number of hydrogen-bond donors (Lipinski definition) is 1. The summed E-state index contributed by atoms with van der Waals surface area (Å²) in [6, 6.07) is -0.535. The Bertz CT molecular complexity index is 411. The molecule has 1 rings (SSSR count). The van der Waals surface area contributed by atoms with Crippen molar-refractivity contribution in [1.29, 1.82) is 0 Å². The zero-order chi connectivity index (χ0) is 16.6. The lowest BCUT2D eigenvalue weighted by molar-refractivity contribution is -0.155. The highest BCUT2D eigenvalue weighted by Crippen LogP contribution is 2.36. The number of carboxylic acid groups (broad SMARTS) is 1. The van der Waals surface area contributed by atoms with Gasteiger partial charge in [-0.15, -0.1) is 0 Å². The number of aliphatic carboxylic acids is 1. The van der Waals surface area contributed by atoms with Gasteiger partial charge in [-0.05, 0) is 47.0 Å². The monoisotopic (exact) mass is 301 g/mol. The Balaban J connectivity index is 3.10. The molecule has 0 aromatic rings. The molecule has 6 heteroatoms. The number of carbonyl (C=O) groups is 2. The lowest BCUT2D eigenvalue weighted by Crippen LogP contribution is -2.51. The van der Waals surface area contributed by atoms with Crippen LogP contribution in [0.1, 0.15) is 54.9 Å². The first kappa shape index (κ1) is 17.8. The number of carboxylic acids is 1. The molecule has 6 nitrogen and oxygen atoms in total. The van der Waals surface area contributed by atoms with Crippen molar-refractivity contribution in [3.63, 3.8) is 0 Å². The van der Waals surface area contributed by atoms with Crippen LogP contribution in [0.3, 0.4) is 0 Å². The highest BCUT2D eigenvalue weighted by molar-refractivity contribution is 5.77. The Kier molecular flexibility index (Phi) is 4.93. The third-order valence-corrected chi connectivity index (χ3v) is 3.22. The summed E-state index contributed by atoms with van der Waals surface area (Å²) in [5.41, 5.74) is -1.65. The van der Waals surface area contributed by atoms with Gasteiger partial charge in [0, 0.05) is 0 Å². The van der Waals surface area contributed by atoms with E-state index >= 15 is 0 Å². The fourth-order valence-corrected chi connectivity index (χ4v) is 2.57. The van der Waals surface area contributed by atoms with E-state index in [1.807, 2.05) is 13.8 Å². The van der Waals surface area contributed by atoms with Crippen molar-refractivity contribution >= 4 is 12.1 Å². The van der Waals surface area contributed by atoms with Crippen molar-refractivity contribution in [2.45, 2.75) is 78.4 Å². The van der Waals surface area contributed by atoms with Crippen LogP contribution in [0, 0.1) is 5.92 Å². The van der Waals surface area contributed by atoms with Crippen molar-refractivity contribution in [1.82, 2.24) is 4.90 Å². The molecular formula is C15H27NO5. The molecule has 0 aromatic heterocycles. The van der Waals surface area contributed by atoms with Crippen molar-refractivity contribution in [3.05, 3.63) is 0 Å². The van der Waals surface area contributed by atoms with Crippen molar-refractivity contribution in [3.8, 4) is 0 Å². The van der Waals surface area contributed by atoms with Gasteiger partial charge in [-0.2, -0.15) is 0 Å². The van der Waals surface area contributed by atoms with E-state index in [1.165, 1.54) is 4.90 Å². The molecule has 1 amide bonds. The summed E-state index contributed by atoms with van der Waals surface area (Å²) in [7, 11) is 0. The Labute approximate surface area is 126 Å². The SMILES string of the molecule is CC(C)C[C@@H]1[C@H](C(=O)O)OC(C)(C)N1C(=O)OC(C)(C)C. The molecule has 0 spiro atoms. The molecule has 0 aliphatic carbocycles. The smallest absolute Gasteiger partial charge is 0.412 e. The van der Waals surface area contributed by atoms with Gasteiger partial charge in [-0.25, -0.2) is 9.59 Å². The molecule has 1 aliphatic rings. The van der Waals surface area contributed by atoms with Gasteiger partial charge in [0.15, 0.2) is 6.10 Å². The van der Waals surface area contributed by atoms with E-state index in [-0.39, 0.29) is 5.92 Å². The fourth-order valence-electron chi connectivity index (χ4n) is 2.57. The molecule has 1 fully saturated rings. The van der Waals surface area contributed by atoms with Crippen LogP contribution in [-0.4, -0.2) is 45.5 Å². The fraction of sp³-hybridized carbons (Fsp3) is 0.867. The first-order valence-corrected chi connectivity index (χ1v) is 7.28. The summed E-state index contributed by atoms with van der Waals surface area (Å²) in [4.78, 5) is 25.3. The highest BCUT2D eigenvalue weighted by Gasteiger charge is 2.53. The van der Waals surface area contributed by atoms with E-state index in [2.05, 4.69) is 0 Å². The minimum absolute atomic E-state index is 0.235. The predicted molar refractivity (Wildman–Crippen MR) is 77.9 cm³/mol. The Hall–Kier alpha value is -1.30. The highest BCUT2D eigenvalue weighted by atomic mass is 16.6. The number of hydrogen-bond acceptors (Lipinski definition) is 4. The molecule has 1 heterocycles. The topological polar surface area (TPSA) is 76.1 Å². The molecule has 1 N–H and O–H groups in total. The van der Waals surface area contributed by atoms with Gasteiger partial charge in [0.25, 0.3) is 0 Å². The molecule has 122 valence electrons. The Morgan fingerprint density at radius 3 is 2.24 bits per heavy atom. The van der Waals surface area contributed by atoms with Crippen molar-refractivity contribution < 1.29 is 24.2 Å². The largest absolute Gasteiger partial charge is 0.479 e. The summed E-state index contributed by atoms with van der Waals surface area (Å²) in [6.45, 7) is 12.7. The molecule has 1 saturated heterocycles. The number of ether oxygens (including phenoxy) is 2. The second-order valence-electron chi connectivity index (χ2n) is 7.37. The first-order valence-electron chi connectivity index (χ1n) is 7.28. The van der Waals surface area contributed by atoms with Gasteiger partial charge >= 0.3 is 12.1 Å². The van der Waals surface area contributed by atoms with Gasteiger partial charge < -0.3 is 14.6 Å². The van der Waals surface area contributed by atoms with Crippen LogP contribution in [0.4, 0.5) is 4.79 Å². The van der Waals surface area contributed by atoms with Crippen LogP contribution in [-0.2, 0) is 14.3 Å². The zero-order valence-corrected chi connectivity index (χ0v) is 14.0. The van der Waals surface area contributed by atoms with Gasteiger partial charge in [0.1, 0.15) is 11.3 Å². The summed E-state index contributed by atoms with van der Waals surface area (Å²) in [5.74, 6) is -0.820. The van der Waals surface area contributed by atoms with Crippen LogP contribution in [0.2, 0.25) is 0 Å². The lowest BCUT2D eigenvalue weighted by Gasteiger charge is -2.35. The third-order valence-electron chi connectivity index (χ3n) is 3.22. The van der Waals surface area contributed by atoms with E-state index in [9.17, 15) is 14.7 Å². The molecule has 0 radical (unpaired) electrons. The summed E-state index contributed by atoms with van der Waals surface area (Å²) < 4.78 is 11.0. The van der Waals surface area contributed by atoms with Crippen LogP contribution in [0.5, 0.6) is 0 Å². The molecular weight excluding hydrogens is 274 g/mol. The van der Waals surface area contributed by atoms with Crippen LogP contribution >= 0.6 is 0 Å². The van der Waals surface area contributed by atoms with Crippen molar-refractivity contribution in [2.75, 3.05) is 0 Å². The summed E-state index contributed by atoms with van der Waals surface area (Å²) in [5, 5.41) is 9.36. The normalized spacial score (nSPS) is 25.2. The number of carbonyl (C=O) groups excluding carboxylic acids is 1. The molecule has 0 saturated carbocycles. The van der Waals surface area contributed by atoms with E-state index < -0.39 is 35.5 Å². The van der Waals surface area contributed by atoms with E-state index in [4.69, 9.17) is 9.47 Å². The minimum atomic E-state index is -1.06. The number of amides is 1. The molecule has 21 heavy (non-hydrogen) atoms. The molecule has 0 unspecified atom stereocenters. The van der Waals surface area contributed by atoms with E-state index in [0.29, 0.717) is 6.42 Å². The van der Waals surface area contributed by atoms with Crippen LogP contribution in [0.15, 0.2) is 0 Å². The molecule has 0 bridgehead atoms. The maximum atomic E-state index is 12.5. The maximum absolute atomic E-state index is 12.5. The second-order valence-corrected chi connectivity index (χ2v) is 7.37. The molecule has 2 atom stereocenters. The second kappa shape index (κ2) is 5.83. The molecule has 0 aromatic carbocycles. The zero-order valence-electron chi connectivity index (χ0n) is 14.0. The van der Waals surface area contributed by atoms with E-state index in [1.54, 1.807) is 34.6 Å². The van der Waals surface area contributed by atoms with E-state index in [0.717, 1.165) is 0 Å². The Morgan fingerprint density at radius 1 is 1.33 bits per heavy atom. The van der Waals surface area contributed by atoms with Crippen molar-refractivity contribution in [2.24, 2.45) is 5.92 Å². The first-order chi connectivity index (χ1) is 9.35. The van der Waals surface area contributed by atoms with Gasteiger partial charge in [0.2, 0.25) is 0 Å². The maximum Gasteiger partial charge on any atom is 0.412 e. The lowest BCUT2D eigenvalue weighted by atomic mass is 9.98. The average Bonchev–Trinajstić information content (AvgIpc) is 2.46. The Morgan fingerprint density at radius 2 is 1.86 bits per heavy atom. The van der Waals surface area contributed by atoms with Crippen LogP contribution < -0.4 is 0 Å². The third kappa shape index (κ3) is 4.33. The summed E-state index contributed by atoms with van der Waals surface area (Å²) in [6.07, 6.45) is -1.03. The number of rotatable bonds is 3. The standard InChI is InChI=1S/C15H27NO5/c1-9(2)8-10-11(12(17)18)20-15(6,7)16(10)13(19)21-14(3,4)5/h9-11H,8H2,1-7H3,(H,17,18)/t10-,11-/m1/s1. The number of nitrogens with zero attached hydrogens (tertiary/aromatic N) is 1. The quantitative estimate of drug-likeness (QED) is 0.867. The van der Waals surface area contributed by atoms with Crippen LogP contribution in [0.25, 0.3) is 0 Å². The summed E-state index contributed by atoms with van der Waals surface area (Å²) >= 11 is 0. The van der Waals surface area contributed by atoms with Gasteiger partial charge in [-0.1, -0.05) is 13.8 Å². The average molecular weight is 301 g/mol. The predicted octanol–water partition coefficient (Wildman–Crippen LogP) is 2.86. The minimum Gasteiger partial charge on any atom is -0.479 e.